The first-order chi connectivity index (χ1) is 16.5. The lowest BCUT2D eigenvalue weighted by atomic mass is 10.1. The number of unbranched alkanes of at least 4 members (excludes halogenated alkanes) is 11. The standard InChI is InChI=1S/C29H41NO4/c1-3-4-5-6-7-8-9-10-11-12-13-14-15-16-17-18-27(31)30-29(33)24-19-20-25-23(2)21-28(32)34-26(25)22-24/h10-11,19-22H,3-9,12-18H2,1-2H3,(H,30,31,33)/b11-10-. The smallest absolute Gasteiger partial charge is 0.336 e. The lowest BCUT2D eigenvalue weighted by Gasteiger charge is -2.06. The number of carbonyl (C=O) groups excluding carboxylic acids is 2. The van der Waals surface area contributed by atoms with Gasteiger partial charge in [0.15, 0.2) is 0 Å². The quantitative estimate of drug-likeness (QED) is 0.159. The Kier molecular flexibility index (Phi) is 13.0. The maximum atomic E-state index is 12.4. The average Bonchev–Trinajstić information content (AvgIpc) is 2.81. The van der Waals surface area contributed by atoms with Gasteiger partial charge < -0.3 is 4.42 Å². The molecule has 0 fully saturated rings. The van der Waals surface area contributed by atoms with Crippen molar-refractivity contribution in [1.29, 1.82) is 0 Å². The van der Waals surface area contributed by atoms with E-state index in [-0.39, 0.29) is 5.91 Å². The third-order valence-electron chi connectivity index (χ3n) is 6.13. The van der Waals surface area contributed by atoms with Crippen molar-refractivity contribution >= 4 is 22.8 Å². The number of aryl methyl sites for hydroxylation is 1. The maximum absolute atomic E-state index is 12.4. The highest BCUT2D eigenvalue weighted by molar-refractivity contribution is 6.06. The van der Waals surface area contributed by atoms with Crippen LogP contribution in [0.2, 0.25) is 0 Å². The number of carbonyl (C=O) groups is 2. The summed E-state index contributed by atoms with van der Waals surface area (Å²) >= 11 is 0. The van der Waals surface area contributed by atoms with Crippen LogP contribution < -0.4 is 10.9 Å². The summed E-state index contributed by atoms with van der Waals surface area (Å²) in [4.78, 5) is 36.0. The van der Waals surface area contributed by atoms with E-state index in [4.69, 9.17) is 4.42 Å². The second-order valence-electron chi connectivity index (χ2n) is 9.17. The molecule has 0 aliphatic rings. The number of hydrogen-bond acceptors (Lipinski definition) is 4. The SMILES string of the molecule is CCCCCCCC/C=C\CCCCCCCC(=O)NC(=O)c1ccc2c(C)cc(=O)oc2c1. The summed E-state index contributed by atoms with van der Waals surface area (Å²) in [6.07, 6.45) is 20.6. The summed E-state index contributed by atoms with van der Waals surface area (Å²) in [6, 6.07) is 6.30. The van der Waals surface area contributed by atoms with Crippen molar-refractivity contribution in [3.63, 3.8) is 0 Å². The van der Waals surface area contributed by atoms with Crippen LogP contribution in [0.15, 0.2) is 45.6 Å². The fraction of sp³-hybridized carbons (Fsp3) is 0.552. The van der Waals surface area contributed by atoms with Crippen LogP contribution in [-0.2, 0) is 4.79 Å². The van der Waals surface area contributed by atoms with Crippen LogP contribution in [0.25, 0.3) is 11.0 Å². The van der Waals surface area contributed by atoms with Gasteiger partial charge in [0, 0.05) is 23.4 Å². The molecule has 0 unspecified atom stereocenters. The van der Waals surface area contributed by atoms with Gasteiger partial charge >= 0.3 is 5.63 Å². The van der Waals surface area contributed by atoms with Crippen LogP contribution in [0.3, 0.4) is 0 Å². The Bertz CT molecular complexity index is 989. The number of rotatable bonds is 16. The molecule has 0 radical (unpaired) electrons. The van der Waals surface area contributed by atoms with Crippen LogP contribution in [-0.4, -0.2) is 11.8 Å². The molecule has 1 aromatic carbocycles. The van der Waals surface area contributed by atoms with Crippen molar-refractivity contribution in [3.8, 4) is 0 Å². The van der Waals surface area contributed by atoms with Crippen LogP contribution in [0.1, 0.15) is 113 Å². The summed E-state index contributed by atoms with van der Waals surface area (Å²) in [5.74, 6) is -0.739. The van der Waals surface area contributed by atoms with Crippen LogP contribution in [0.4, 0.5) is 0 Å². The summed E-state index contributed by atoms with van der Waals surface area (Å²) in [5.41, 5.74) is 0.989. The maximum Gasteiger partial charge on any atom is 0.336 e. The Morgan fingerprint density at radius 3 is 2.15 bits per heavy atom. The normalized spacial score (nSPS) is 11.4. The fourth-order valence-corrected chi connectivity index (χ4v) is 4.08. The molecule has 186 valence electrons. The van der Waals surface area contributed by atoms with E-state index >= 15 is 0 Å². The van der Waals surface area contributed by atoms with Gasteiger partial charge in [-0.25, -0.2) is 4.79 Å². The molecule has 5 nitrogen and oxygen atoms in total. The molecular formula is C29H41NO4. The van der Waals surface area contributed by atoms with Gasteiger partial charge in [-0.15, -0.1) is 0 Å². The van der Waals surface area contributed by atoms with E-state index in [9.17, 15) is 14.4 Å². The van der Waals surface area contributed by atoms with Gasteiger partial charge in [0.1, 0.15) is 5.58 Å². The van der Waals surface area contributed by atoms with E-state index in [0.717, 1.165) is 36.6 Å². The molecule has 0 spiro atoms. The number of nitrogens with one attached hydrogen (secondary N) is 1. The molecule has 5 heteroatoms. The molecule has 2 aromatic rings. The molecule has 34 heavy (non-hydrogen) atoms. The van der Waals surface area contributed by atoms with Gasteiger partial charge in [0.05, 0.1) is 0 Å². The van der Waals surface area contributed by atoms with Crippen molar-refractivity contribution in [1.82, 2.24) is 5.32 Å². The molecule has 0 aliphatic carbocycles. The third kappa shape index (κ3) is 10.5. The van der Waals surface area contributed by atoms with Crippen molar-refractivity contribution in [2.75, 3.05) is 0 Å². The van der Waals surface area contributed by atoms with Gasteiger partial charge in [0.25, 0.3) is 5.91 Å². The molecule has 1 N–H and O–H groups in total. The Hall–Kier alpha value is -2.69. The number of hydrogen-bond donors (Lipinski definition) is 1. The molecule has 0 saturated heterocycles. The lowest BCUT2D eigenvalue weighted by molar-refractivity contribution is -0.120. The van der Waals surface area contributed by atoms with E-state index in [0.29, 0.717) is 17.6 Å². The largest absolute Gasteiger partial charge is 0.423 e. The zero-order chi connectivity index (χ0) is 24.6. The minimum Gasteiger partial charge on any atom is -0.423 e. The van der Waals surface area contributed by atoms with E-state index in [2.05, 4.69) is 24.4 Å². The van der Waals surface area contributed by atoms with Crippen LogP contribution in [0.5, 0.6) is 0 Å². The first-order valence-electron chi connectivity index (χ1n) is 13.0. The molecule has 1 aromatic heterocycles. The Labute approximate surface area is 204 Å². The predicted octanol–water partition coefficient (Wildman–Crippen LogP) is 7.40. The molecule has 0 aliphatic heterocycles. The Balaban J connectivity index is 1.53. The van der Waals surface area contributed by atoms with Gasteiger partial charge in [-0.2, -0.15) is 0 Å². The van der Waals surface area contributed by atoms with Gasteiger partial charge in [-0.1, -0.05) is 76.5 Å². The van der Waals surface area contributed by atoms with Crippen LogP contribution in [0, 0.1) is 6.92 Å². The van der Waals surface area contributed by atoms with E-state index in [1.807, 2.05) is 6.92 Å². The summed E-state index contributed by atoms with van der Waals surface area (Å²) in [5, 5.41) is 3.21. The first-order valence-corrected chi connectivity index (χ1v) is 13.0. The molecule has 0 atom stereocenters. The Morgan fingerprint density at radius 2 is 1.47 bits per heavy atom. The van der Waals surface area contributed by atoms with Gasteiger partial charge in [-0.05, 0) is 56.7 Å². The molecule has 2 amide bonds. The predicted molar refractivity (Wildman–Crippen MR) is 139 cm³/mol. The molecule has 0 bridgehead atoms. The first kappa shape index (κ1) is 27.6. The lowest BCUT2D eigenvalue weighted by Crippen LogP contribution is -2.30. The van der Waals surface area contributed by atoms with Crippen molar-refractivity contribution < 1.29 is 14.0 Å². The summed E-state index contributed by atoms with van der Waals surface area (Å²) in [7, 11) is 0. The highest BCUT2D eigenvalue weighted by Gasteiger charge is 2.12. The fourth-order valence-electron chi connectivity index (χ4n) is 4.08. The second-order valence-corrected chi connectivity index (χ2v) is 9.17. The van der Waals surface area contributed by atoms with Crippen molar-refractivity contribution in [2.45, 2.75) is 104 Å². The number of fused-ring (bicyclic) bond motifs is 1. The Morgan fingerprint density at radius 1 is 0.853 bits per heavy atom. The molecule has 2 rings (SSSR count). The molecular weight excluding hydrogens is 426 g/mol. The van der Waals surface area contributed by atoms with E-state index in [1.54, 1.807) is 12.1 Å². The van der Waals surface area contributed by atoms with E-state index in [1.165, 1.54) is 69.9 Å². The number of amides is 2. The number of benzene rings is 1. The monoisotopic (exact) mass is 467 g/mol. The van der Waals surface area contributed by atoms with Crippen LogP contribution >= 0.6 is 0 Å². The number of imide groups is 1. The van der Waals surface area contributed by atoms with Crippen molar-refractivity contribution in [3.05, 3.63) is 58.0 Å². The summed E-state index contributed by atoms with van der Waals surface area (Å²) < 4.78 is 5.17. The minimum absolute atomic E-state index is 0.270. The highest BCUT2D eigenvalue weighted by Crippen LogP contribution is 2.18. The molecule has 1 heterocycles. The van der Waals surface area contributed by atoms with E-state index < -0.39 is 11.5 Å². The number of allylic oxidation sites excluding steroid dienone is 2. The topological polar surface area (TPSA) is 76.4 Å². The van der Waals surface area contributed by atoms with Gasteiger partial charge in [-0.3, -0.25) is 14.9 Å². The zero-order valence-corrected chi connectivity index (χ0v) is 21.0. The summed E-state index contributed by atoms with van der Waals surface area (Å²) in [6.45, 7) is 4.07. The van der Waals surface area contributed by atoms with Gasteiger partial charge in [0.2, 0.25) is 5.91 Å². The average molecular weight is 468 g/mol. The molecule has 0 saturated carbocycles. The van der Waals surface area contributed by atoms with Crippen molar-refractivity contribution in [2.24, 2.45) is 0 Å². The minimum atomic E-state index is -0.469. The second kappa shape index (κ2) is 16.0. The highest BCUT2D eigenvalue weighted by atomic mass is 16.4. The third-order valence-corrected chi connectivity index (χ3v) is 6.13. The zero-order valence-electron chi connectivity index (χ0n) is 21.0.